The van der Waals surface area contributed by atoms with Crippen molar-refractivity contribution in [3.05, 3.63) is 87.3 Å². The number of halogens is 2. The van der Waals surface area contributed by atoms with E-state index >= 15 is 0 Å². The monoisotopic (exact) mass is 504 g/mol. The van der Waals surface area contributed by atoms with Crippen LogP contribution in [0.2, 0.25) is 0 Å². The van der Waals surface area contributed by atoms with E-state index in [0.29, 0.717) is 21.9 Å². The van der Waals surface area contributed by atoms with Crippen LogP contribution in [0.4, 0.5) is 0 Å². The van der Waals surface area contributed by atoms with E-state index in [2.05, 4.69) is 31.9 Å². The van der Waals surface area contributed by atoms with E-state index in [1.807, 2.05) is 60.7 Å². The summed E-state index contributed by atoms with van der Waals surface area (Å²) in [7, 11) is -3.22. The molecule has 0 N–H and O–H groups in total. The molecule has 0 saturated carbocycles. The molecule has 1 aliphatic heterocycles. The van der Waals surface area contributed by atoms with Crippen LogP contribution in [0.1, 0.15) is 16.8 Å². The van der Waals surface area contributed by atoms with Gasteiger partial charge in [-0.2, -0.15) is 0 Å². The molecule has 0 radical (unpaired) electrons. The molecule has 3 aromatic carbocycles. The smallest absolute Gasteiger partial charge is 0.182 e. The van der Waals surface area contributed by atoms with Crippen molar-refractivity contribution in [1.29, 1.82) is 0 Å². The van der Waals surface area contributed by atoms with Gasteiger partial charge in [-0.1, -0.05) is 44.0 Å². The molecule has 3 aromatic rings. The summed E-state index contributed by atoms with van der Waals surface area (Å²) in [5.41, 5.74) is 0.548. The first-order chi connectivity index (χ1) is 13.0. The maximum absolute atomic E-state index is 14.4. The van der Waals surface area contributed by atoms with Gasteiger partial charge in [0.05, 0.1) is 12.0 Å². The zero-order valence-electron chi connectivity index (χ0n) is 14.1. The number of Topliss-reactive ketones (excluding diaryl/α,β-unsaturated/α-hetero) is 1. The Labute approximate surface area is 174 Å². The molecule has 0 amide bonds. The van der Waals surface area contributed by atoms with Crippen molar-refractivity contribution in [2.24, 2.45) is 0 Å². The molecule has 1 heterocycles. The third-order valence-electron chi connectivity index (χ3n) is 4.64. The van der Waals surface area contributed by atoms with Gasteiger partial charge in [-0.25, -0.2) is 0 Å². The van der Waals surface area contributed by atoms with E-state index in [1.54, 1.807) is 12.1 Å². The SMILES string of the molecule is O=C1CC(P(=O)(c2ccc(Br)cc2)c2ccc(Br)cc2)Oc2ccccc21. The highest BCUT2D eigenvalue weighted by Crippen LogP contribution is 2.52. The van der Waals surface area contributed by atoms with E-state index in [0.717, 1.165) is 8.95 Å². The number of ketones is 1. The quantitative estimate of drug-likeness (QED) is 0.440. The first-order valence-electron chi connectivity index (χ1n) is 8.39. The van der Waals surface area contributed by atoms with Crippen LogP contribution in [0.15, 0.2) is 81.7 Å². The Morgan fingerprint density at radius 3 is 1.89 bits per heavy atom. The summed E-state index contributed by atoms with van der Waals surface area (Å²) >= 11 is 6.85. The maximum atomic E-state index is 14.4. The average molecular weight is 506 g/mol. The first kappa shape index (κ1) is 18.7. The van der Waals surface area contributed by atoms with Gasteiger partial charge >= 0.3 is 0 Å². The summed E-state index contributed by atoms with van der Waals surface area (Å²) in [5, 5.41) is 1.34. The van der Waals surface area contributed by atoms with E-state index < -0.39 is 13.0 Å². The van der Waals surface area contributed by atoms with Gasteiger partial charge < -0.3 is 9.30 Å². The maximum Gasteiger partial charge on any atom is 0.182 e. The number of para-hydroxylation sites is 1. The predicted molar refractivity (Wildman–Crippen MR) is 115 cm³/mol. The Morgan fingerprint density at radius 2 is 1.33 bits per heavy atom. The standard InChI is InChI=1S/C21H15Br2O3P/c22-14-5-9-16(10-6-14)27(25,17-11-7-15(23)8-12-17)21-13-19(24)18-3-1-2-4-20(18)26-21/h1-12,21H,13H2. The molecule has 0 spiro atoms. The fourth-order valence-electron chi connectivity index (χ4n) is 3.27. The van der Waals surface area contributed by atoms with E-state index in [9.17, 15) is 9.36 Å². The highest BCUT2D eigenvalue weighted by Gasteiger charge is 2.42. The molecule has 0 aromatic heterocycles. The van der Waals surface area contributed by atoms with E-state index in [-0.39, 0.29) is 12.2 Å². The molecule has 1 atom stereocenters. The fraction of sp³-hybridized carbons (Fsp3) is 0.0952. The van der Waals surface area contributed by atoms with Crippen LogP contribution in [-0.2, 0) is 4.57 Å². The van der Waals surface area contributed by atoms with Gasteiger partial charge in [-0.3, -0.25) is 4.79 Å². The van der Waals surface area contributed by atoms with Crippen molar-refractivity contribution in [3.63, 3.8) is 0 Å². The predicted octanol–water partition coefficient (Wildman–Crippen LogP) is 5.52. The highest BCUT2D eigenvalue weighted by molar-refractivity contribution is 9.10. The minimum absolute atomic E-state index is 0.0451. The molecule has 4 rings (SSSR count). The summed E-state index contributed by atoms with van der Waals surface area (Å²) in [6.45, 7) is 0. The van der Waals surface area contributed by atoms with Crippen molar-refractivity contribution in [2.45, 2.75) is 12.3 Å². The number of ether oxygens (including phenoxy) is 1. The molecule has 136 valence electrons. The third-order valence-corrected chi connectivity index (χ3v) is 8.92. The van der Waals surface area contributed by atoms with Gasteiger partial charge in [0.2, 0.25) is 0 Å². The molecule has 1 aliphatic rings. The lowest BCUT2D eigenvalue weighted by molar-refractivity contribution is 0.0912. The van der Waals surface area contributed by atoms with Gasteiger partial charge in [0.1, 0.15) is 5.75 Å². The van der Waals surface area contributed by atoms with Gasteiger partial charge in [0.15, 0.2) is 18.8 Å². The van der Waals surface area contributed by atoms with Crippen molar-refractivity contribution < 1.29 is 14.1 Å². The van der Waals surface area contributed by atoms with Crippen molar-refractivity contribution in [2.75, 3.05) is 0 Å². The topological polar surface area (TPSA) is 43.4 Å². The molecule has 1 unspecified atom stereocenters. The minimum atomic E-state index is -3.22. The van der Waals surface area contributed by atoms with Crippen LogP contribution in [0, 0.1) is 0 Å². The largest absolute Gasteiger partial charge is 0.481 e. The summed E-state index contributed by atoms with van der Waals surface area (Å²) in [4.78, 5) is 12.7. The van der Waals surface area contributed by atoms with Crippen LogP contribution < -0.4 is 15.3 Å². The minimum Gasteiger partial charge on any atom is -0.481 e. The van der Waals surface area contributed by atoms with Crippen LogP contribution in [-0.4, -0.2) is 11.6 Å². The van der Waals surface area contributed by atoms with Crippen LogP contribution in [0.5, 0.6) is 5.75 Å². The van der Waals surface area contributed by atoms with E-state index in [4.69, 9.17) is 4.74 Å². The van der Waals surface area contributed by atoms with Crippen molar-refractivity contribution in [1.82, 2.24) is 0 Å². The number of carbonyl (C=O) groups excluding carboxylic acids is 1. The Kier molecular flexibility index (Phi) is 5.11. The molecule has 3 nitrogen and oxygen atoms in total. The summed E-state index contributed by atoms with van der Waals surface area (Å²) < 4.78 is 22.4. The Bertz CT molecular complexity index is 996. The van der Waals surface area contributed by atoms with Crippen molar-refractivity contribution >= 4 is 55.4 Å². The molecular weight excluding hydrogens is 491 g/mol. The van der Waals surface area contributed by atoms with Crippen LogP contribution in [0.3, 0.4) is 0 Å². The lowest BCUT2D eigenvalue weighted by atomic mass is 10.1. The lowest BCUT2D eigenvalue weighted by Gasteiger charge is -2.32. The number of rotatable bonds is 3. The highest BCUT2D eigenvalue weighted by atomic mass is 79.9. The Balaban J connectivity index is 1.86. The normalized spacial score (nSPS) is 16.5. The van der Waals surface area contributed by atoms with Gasteiger partial charge in [0, 0.05) is 19.6 Å². The second-order valence-electron chi connectivity index (χ2n) is 6.31. The second kappa shape index (κ2) is 7.38. The lowest BCUT2D eigenvalue weighted by Crippen LogP contribution is -2.34. The van der Waals surface area contributed by atoms with Crippen LogP contribution >= 0.6 is 39.0 Å². The Hall–Kier alpha value is -1.68. The third kappa shape index (κ3) is 3.44. The van der Waals surface area contributed by atoms with Crippen LogP contribution in [0.25, 0.3) is 0 Å². The zero-order chi connectivity index (χ0) is 19.0. The molecular formula is C21H15Br2O3P. The summed E-state index contributed by atoms with van der Waals surface area (Å²) in [5.74, 6) is -0.285. The molecule has 0 fully saturated rings. The van der Waals surface area contributed by atoms with Gasteiger partial charge in [-0.15, -0.1) is 0 Å². The Morgan fingerprint density at radius 1 is 0.815 bits per heavy atom. The first-order valence-corrected chi connectivity index (χ1v) is 11.8. The summed E-state index contributed by atoms with van der Waals surface area (Å²) in [6, 6.07) is 21.9. The number of hydrogen-bond donors (Lipinski definition) is 0. The zero-order valence-corrected chi connectivity index (χ0v) is 18.2. The van der Waals surface area contributed by atoms with Gasteiger partial charge in [0.25, 0.3) is 0 Å². The van der Waals surface area contributed by atoms with Gasteiger partial charge in [-0.05, 0) is 60.7 Å². The van der Waals surface area contributed by atoms with Crippen molar-refractivity contribution in [3.8, 4) is 5.75 Å². The molecule has 0 aliphatic carbocycles. The number of hydrogen-bond acceptors (Lipinski definition) is 3. The average Bonchev–Trinajstić information content (AvgIpc) is 2.68. The molecule has 6 heteroatoms. The molecule has 27 heavy (non-hydrogen) atoms. The molecule has 0 bridgehead atoms. The van der Waals surface area contributed by atoms with E-state index in [1.165, 1.54) is 0 Å². The molecule has 0 saturated heterocycles. The number of fused-ring (bicyclic) bond motifs is 1. The summed E-state index contributed by atoms with van der Waals surface area (Å²) in [6.07, 6.45) is 0.0837. The number of benzene rings is 3. The number of carbonyl (C=O) groups is 1. The second-order valence-corrected chi connectivity index (χ2v) is 11.1. The fourth-order valence-corrected chi connectivity index (χ4v) is 6.63.